The van der Waals surface area contributed by atoms with E-state index in [0.29, 0.717) is 57.2 Å². The van der Waals surface area contributed by atoms with E-state index < -0.39 is 0 Å². The smallest absolute Gasteiger partial charge is 0.132 e. The fourth-order valence-corrected chi connectivity index (χ4v) is 9.21. The van der Waals surface area contributed by atoms with Crippen molar-refractivity contribution in [3.63, 3.8) is 0 Å². The first-order valence-corrected chi connectivity index (χ1v) is 22.4. The molecule has 0 radical (unpaired) electrons. The van der Waals surface area contributed by atoms with Gasteiger partial charge in [-0.3, -0.25) is 0 Å². The van der Waals surface area contributed by atoms with E-state index in [1.54, 1.807) is 70.6 Å². The van der Waals surface area contributed by atoms with E-state index >= 15 is 0 Å². The molecule has 0 aliphatic rings. The molecule has 0 spiro atoms. The van der Waals surface area contributed by atoms with Gasteiger partial charge in [-0.15, -0.1) is 58.8 Å². The molecule has 0 heterocycles. The number of carbonyl (C=O) groups excluding carboxylic acids is 6. The summed E-state index contributed by atoms with van der Waals surface area (Å²) in [6.07, 6.45) is 9.24. The van der Waals surface area contributed by atoms with Crippen molar-refractivity contribution in [1.29, 1.82) is 0 Å². The van der Waals surface area contributed by atoms with Crippen LogP contribution in [0.15, 0.2) is 0 Å². The fraction of sp³-hybridized carbons (Fsp3) is 0.800. The first kappa shape index (κ1) is 52.2. The maximum Gasteiger partial charge on any atom is 0.132 e. The van der Waals surface area contributed by atoms with Gasteiger partial charge in [0.25, 0.3) is 0 Å². The third-order valence-corrected chi connectivity index (χ3v) is 13.1. The second-order valence-corrected chi connectivity index (χ2v) is 17.5. The summed E-state index contributed by atoms with van der Waals surface area (Å²) in [5.74, 6) is 6.39. The molecule has 6 unspecified atom stereocenters. The van der Waals surface area contributed by atoms with Crippen molar-refractivity contribution in [2.45, 2.75) is 59.5 Å². The number of carbonyl (C=O) groups is 6. The van der Waals surface area contributed by atoms with Crippen LogP contribution >= 0.6 is 70.6 Å². The Morgan fingerprint density at radius 3 is 1.12 bits per heavy atom. The quantitative estimate of drug-likeness (QED) is 0.0404. The van der Waals surface area contributed by atoms with Crippen LogP contribution in [0.1, 0.15) is 38.5 Å². The third-order valence-electron chi connectivity index (χ3n) is 6.23. The van der Waals surface area contributed by atoms with Crippen molar-refractivity contribution < 1.29 is 28.8 Å². The average Bonchev–Trinajstić information content (AvgIpc) is 3.11. The molecule has 18 heteroatoms. The molecule has 0 saturated carbocycles. The molecule has 0 saturated heterocycles. The summed E-state index contributed by atoms with van der Waals surface area (Å²) in [5.41, 5.74) is 32.4. The summed E-state index contributed by atoms with van der Waals surface area (Å²) >= 11 is 9.54. The molecule has 0 aliphatic carbocycles. The first-order valence-electron chi connectivity index (χ1n) is 15.8. The monoisotopic (exact) mass is 792 g/mol. The van der Waals surface area contributed by atoms with Crippen LogP contribution in [-0.4, -0.2) is 131 Å². The Labute approximate surface area is 313 Å². The second kappa shape index (κ2) is 43.0. The van der Waals surface area contributed by atoms with E-state index in [1.165, 1.54) is 0 Å². The zero-order valence-electron chi connectivity index (χ0n) is 28.0. The van der Waals surface area contributed by atoms with Crippen molar-refractivity contribution in [3.05, 3.63) is 0 Å². The van der Waals surface area contributed by atoms with Crippen LogP contribution in [0.25, 0.3) is 0 Å². The fourth-order valence-electron chi connectivity index (χ4n) is 3.84. The average molecular weight is 793 g/mol. The second-order valence-electron chi connectivity index (χ2n) is 9.90. The molecule has 0 aromatic rings. The summed E-state index contributed by atoms with van der Waals surface area (Å²) in [4.78, 5) is 64.0. The van der Waals surface area contributed by atoms with Gasteiger partial charge in [0.1, 0.15) is 37.7 Å². The minimum absolute atomic E-state index is 0.0375. The lowest BCUT2D eigenvalue weighted by Gasteiger charge is -2.23. The summed E-state index contributed by atoms with van der Waals surface area (Å²) in [6, 6.07) is 0. The predicted molar refractivity (Wildman–Crippen MR) is 215 cm³/mol. The molecule has 0 bridgehead atoms. The number of hydrogen-bond acceptors (Lipinski definition) is 18. The highest BCUT2D eigenvalue weighted by Crippen LogP contribution is 2.26. The van der Waals surface area contributed by atoms with Gasteiger partial charge >= 0.3 is 0 Å². The van der Waals surface area contributed by atoms with Crippen LogP contribution in [0.3, 0.4) is 0 Å². The van der Waals surface area contributed by atoms with Gasteiger partial charge in [0.15, 0.2) is 0 Å². The Morgan fingerprint density at radius 1 is 0.458 bits per heavy atom. The molecule has 0 aromatic heterocycles. The van der Waals surface area contributed by atoms with Gasteiger partial charge in [-0.1, -0.05) is 0 Å². The number of hydrogen-bond donors (Lipinski definition) is 6. The van der Waals surface area contributed by atoms with Crippen LogP contribution in [0.2, 0.25) is 0 Å². The molecular weight excluding hydrogens is 733 g/mol. The van der Waals surface area contributed by atoms with Crippen LogP contribution < -0.4 is 34.4 Å². The molecule has 6 atom stereocenters. The van der Waals surface area contributed by atoms with Gasteiger partial charge in [0.2, 0.25) is 0 Å². The highest BCUT2D eigenvalue weighted by Gasteiger charge is 2.21. The molecule has 0 aromatic carbocycles. The maximum atomic E-state index is 10.8. The molecular formula is C30H60N6O6S6. The van der Waals surface area contributed by atoms with Crippen LogP contribution in [-0.2, 0) is 28.8 Å². The molecule has 0 rings (SSSR count). The lowest BCUT2D eigenvalue weighted by Crippen LogP contribution is -2.22. The van der Waals surface area contributed by atoms with Crippen molar-refractivity contribution in [2.24, 2.45) is 46.2 Å². The maximum absolute atomic E-state index is 10.8. The van der Waals surface area contributed by atoms with Crippen LogP contribution in [0.5, 0.6) is 0 Å². The summed E-state index contributed by atoms with van der Waals surface area (Å²) in [5, 5.41) is 0.0641. The number of nitrogens with two attached hydrogens (primary N) is 6. The van der Waals surface area contributed by atoms with E-state index in [9.17, 15) is 28.8 Å². The van der Waals surface area contributed by atoms with Crippen molar-refractivity contribution in [2.75, 3.05) is 72.4 Å². The van der Waals surface area contributed by atoms with E-state index in [0.717, 1.165) is 91.5 Å². The van der Waals surface area contributed by atoms with Crippen LogP contribution in [0.4, 0.5) is 0 Å². The Hall–Kier alpha value is -0.120. The standard InChI is InChI=1S/3C10H20N2O2S2/c11-2-5-15-9(1-4-13)7-10(8-14)16-6-3-12;11-7-15-5-9(1-3-13)10(2-4-14)6-16-8-12;11-3-5-15-9(7-13)1-2-10(8-14)16-6-4-12/h4,8-10H,1-3,5-7,11-12H2;3-4,9-10H,1-2,5-8,11-12H2;7-10H,1-6,11-12H2. The van der Waals surface area contributed by atoms with Gasteiger partial charge in [0.05, 0.1) is 15.7 Å². The molecule has 12 nitrogen and oxygen atoms in total. The predicted octanol–water partition coefficient (Wildman–Crippen LogP) is 1.27. The number of rotatable bonds is 33. The zero-order valence-corrected chi connectivity index (χ0v) is 32.9. The zero-order chi connectivity index (χ0) is 36.7. The highest BCUT2D eigenvalue weighted by molar-refractivity contribution is 8.01. The van der Waals surface area contributed by atoms with E-state index in [-0.39, 0.29) is 32.8 Å². The van der Waals surface area contributed by atoms with E-state index in [2.05, 4.69) is 0 Å². The summed E-state index contributed by atoms with van der Waals surface area (Å²) in [6.45, 7) is 2.33. The van der Waals surface area contributed by atoms with Crippen molar-refractivity contribution >= 4 is 108 Å². The van der Waals surface area contributed by atoms with Gasteiger partial charge in [-0.2, -0.15) is 11.8 Å². The minimum atomic E-state index is -0.0567. The lowest BCUT2D eigenvalue weighted by molar-refractivity contribution is -0.111. The number of aldehydes is 6. The SMILES string of the molecule is NCCSC(C=O)CC(CC=O)SCCN.NCCSC(C=O)CCC(C=O)SCCN.NCSCC(CC=O)C(CC=O)CSCN. The van der Waals surface area contributed by atoms with E-state index in [4.69, 9.17) is 34.4 Å². The first-order chi connectivity index (χ1) is 23.4. The third kappa shape index (κ3) is 34.3. The summed E-state index contributed by atoms with van der Waals surface area (Å²) < 4.78 is 0. The molecule has 0 amide bonds. The van der Waals surface area contributed by atoms with Gasteiger partial charge in [-0.05, 0) is 42.6 Å². The van der Waals surface area contributed by atoms with Gasteiger partial charge in [0, 0.05) is 85.5 Å². The largest absolute Gasteiger partial charge is 0.330 e. The molecule has 0 fully saturated rings. The van der Waals surface area contributed by atoms with Gasteiger partial charge in [-0.25, -0.2) is 0 Å². The molecule has 282 valence electrons. The number of thioether (sulfide) groups is 6. The Kier molecular flexibility index (Phi) is 46.8. The van der Waals surface area contributed by atoms with Crippen molar-refractivity contribution in [3.8, 4) is 0 Å². The highest BCUT2D eigenvalue weighted by atomic mass is 32.2. The molecule has 48 heavy (non-hydrogen) atoms. The van der Waals surface area contributed by atoms with Crippen LogP contribution in [0, 0.1) is 11.8 Å². The minimum Gasteiger partial charge on any atom is -0.330 e. The molecule has 12 N–H and O–H groups in total. The summed E-state index contributed by atoms with van der Waals surface area (Å²) in [7, 11) is 0. The normalized spacial score (nSPS) is 14.4. The lowest BCUT2D eigenvalue weighted by atomic mass is 9.91. The Balaban J connectivity index is -0.000000633. The van der Waals surface area contributed by atoms with Gasteiger partial charge < -0.3 is 63.2 Å². The molecule has 0 aliphatic heterocycles. The Bertz CT molecular complexity index is 731. The van der Waals surface area contributed by atoms with E-state index in [1.807, 2.05) is 0 Å². The topological polar surface area (TPSA) is 259 Å². The van der Waals surface area contributed by atoms with Crippen molar-refractivity contribution in [1.82, 2.24) is 0 Å². The Morgan fingerprint density at radius 2 is 0.812 bits per heavy atom.